The van der Waals surface area contributed by atoms with E-state index in [1.165, 1.54) is 10.4 Å². The minimum atomic E-state index is -0.643. The van der Waals surface area contributed by atoms with E-state index in [1.54, 1.807) is 4.88 Å². The van der Waals surface area contributed by atoms with Crippen molar-refractivity contribution in [2.24, 2.45) is 11.8 Å². The van der Waals surface area contributed by atoms with Gasteiger partial charge in [0.25, 0.3) is 0 Å². The summed E-state index contributed by atoms with van der Waals surface area (Å²) in [6.45, 7) is 9.48. The third-order valence-corrected chi connectivity index (χ3v) is 11.0. The first kappa shape index (κ1) is 23.0. The second kappa shape index (κ2) is 9.47. The quantitative estimate of drug-likeness (QED) is 0.649. The maximum Gasteiger partial charge on any atom is 0.222 e. The largest absolute Gasteiger partial charge is 0.370 e. The van der Waals surface area contributed by atoms with Gasteiger partial charge in [-0.25, -0.2) is 0 Å². The Labute approximate surface area is 199 Å². The molecule has 7 heteroatoms. The Hall–Kier alpha value is -0.760. The predicted octanol–water partition coefficient (Wildman–Crippen LogP) is 3.57. The van der Waals surface area contributed by atoms with Crippen molar-refractivity contribution in [2.75, 3.05) is 44.3 Å². The Morgan fingerprint density at radius 2 is 2.06 bits per heavy atom. The third-order valence-electron chi connectivity index (χ3n) is 8.23. The van der Waals surface area contributed by atoms with Crippen LogP contribution in [0.4, 0.5) is 0 Å². The Balaban J connectivity index is 1.11. The summed E-state index contributed by atoms with van der Waals surface area (Å²) in [5, 5.41) is 0. The SMILES string of the molecule is CCc1cc2c(s1)CCOC21CCN(CC2CN(C(=O)CC3CCS(=O)CC3)C2)[C@@H](C)C1. The van der Waals surface area contributed by atoms with Crippen molar-refractivity contribution < 1.29 is 13.7 Å². The van der Waals surface area contributed by atoms with E-state index in [2.05, 4.69) is 29.7 Å². The molecule has 1 spiro atoms. The monoisotopic (exact) mass is 478 g/mol. The number of piperidine rings is 1. The van der Waals surface area contributed by atoms with Gasteiger partial charge in [0.05, 0.1) is 12.2 Å². The topological polar surface area (TPSA) is 49.9 Å². The van der Waals surface area contributed by atoms with Crippen molar-refractivity contribution in [1.82, 2.24) is 9.80 Å². The van der Waals surface area contributed by atoms with Gasteiger partial charge in [-0.1, -0.05) is 6.92 Å². The highest BCUT2D eigenvalue weighted by atomic mass is 32.2. The molecule has 1 aromatic heterocycles. The maximum absolute atomic E-state index is 12.6. The normalized spacial score (nSPS) is 33.8. The summed E-state index contributed by atoms with van der Waals surface area (Å²) in [7, 11) is -0.643. The fraction of sp³-hybridized carbons (Fsp3) is 0.800. The van der Waals surface area contributed by atoms with Gasteiger partial charge in [-0.3, -0.25) is 9.00 Å². The average Bonchev–Trinajstić information content (AvgIpc) is 3.18. The van der Waals surface area contributed by atoms with Gasteiger partial charge < -0.3 is 14.5 Å². The highest BCUT2D eigenvalue weighted by molar-refractivity contribution is 7.85. The number of fused-ring (bicyclic) bond motifs is 2. The second-order valence-electron chi connectivity index (χ2n) is 10.5. The van der Waals surface area contributed by atoms with Gasteiger partial charge in [0.2, 0.25) is 5.91 Å². The number of likely N-dealkylation sites (tertiary alicyclic amines) is 2. The molecule has 0 saturated carbocycles. The standard InChI is InChI=1S/C25H38N2O3S2/c1-3-21-13-22-23(31-21)4-9-30-25(22)7-8-26(18(2)14-25)15-20-16-27(17-20)24(28)12-19-5-10-32(29)11-6-19/h13,18-20H,3-12,14-17H2,1-2H3/t18-,19?,25?,32?/m0/s1. The predicted molar refractivity (Wildman–Crippen MR) is 131 cm³/mol. The first-order valence-corrected chi connectivity index (χ1v) is 14.9. The summed E-state index contributed by atoms with van der Waals surface area (Å²) in [5.41, 5.74) is 1.42. The van der Waals surface area contributed by atoms with Crippen molar-refractivity contribution in [3.8, 4) is 0 Å². The maximum atomic E-state index is 12.6. The van der Waals surface area contributed by atoms with Crippen LogP contribution in [0.3, 0.4) is 0 Å². The molecular weight excluding hydrogens is 440 g/mol. The van der Waals surface area contributed by atoms with Crippen molar-refractivity contribution in [1.29, 1.82) is 0 Å². The van der Waals surface area contributed by atoms with Crippen molar-refractivity contribution >= 4 is 28.0 Å². The Morgan fingerprint density at radius 3 is 2.78 bits per heavy atom. The average molecular weight is 479 g/mol. The first-order chi connectivity index (χ1) is 15.5. The molecule has 1 unspecified atom stereocenters. The summed E-state index contributed by atoms with van der Waals surface area (Å²) in [6.07, 6.45) is 6.93. The molecule has 5 rings (SSSR count). The zero-order chi connectivity index (χ0) is 22.3. The number of hydrogen-bond acceptors (Lipinski definition) is 5. The zero-order valence-electron chi connectivity index (χ0n) is 19.6. The highest BCUT2D eigenvalue weighted by Gasteiger charge is 2.45. The van der Waals surface area contributed by atoms with Crippen molar-refractivity contribution in [3.63, 3.8) is 0 Å². The molecule has 0 radical (unpaired) electrons. The molecule has 4 aliphatic heterocycles. The van der Waals surface area contributed by atoms with Gasteiger partial charge in [-0.15, -0.1) is 11.3 Å². The lowest BCUT2D eigenvalue weighted by molar-refractivity contribution is -0.140. The Bertz CT molecular complexity index is 855. The number of nitrogens with zero attached hydrogens (tertiary/aromatic N) is 2. The van der Waals surface area contributed by atoms with E-state index in [9.17, 15) is 9.00 Å². The van der Waals surface area contributed by atoms with Crippen molar-refractivity contribution in [2.45, 2.75) is 70.4 Å². The van der Waals surface area contributed by atoms with Crippen LogP contribution in [0.15, 0.2) is 6.07 Å². The molecule has 5 nitrogen and oxygen atoms in total. The molecule has 1 aromatic rings. The molecule has 178 valence electrons. The molecule has 5 heterocycles. The van der Waals surface area contributed by atoms with E-state index >= 15 is 0 Å². The number of aryl methyl sites for hydroxylation is 1. The number of carbonyl (C=O) groups is 1. The van der Waals surface area contributed by atoms with E-state index in [0.29, 0.717) is 30.2 Å². The van der Waals surface area contributed by atoms with E-state index < -0.39 is 10.8 Å². The van der Waals surface area contributed by atoms with Crippen LogP contribution in [-0.4, -0.2) is 70.2 Å². The number of amides is 1. The highest BCUT2D eigenvalue weighted by Crippen LogP contribution is 2.46. The van der Waals surface area contributed by atoms with Gasteiger partial charge in [0.1, 0.15) is 0 Å². The summed E-state index contributed by atoms with van der Waals surface area (Å²) in [5.74, 6) is 2.93. The van der Waals surface area contributed by atoms with E-state index in [0.717, 1.165) is 82.8 Å². The molecule has 0 N–H and O–H groups in total. The van der Waals surface area contributed by atoms with Gasteiger partial charge >= 0.3 is 0 Å². The molecule has 3 fully saturated rings. The molecule has 0 aromatic carbocycles. The number of thiophene rings is 1. The Kier molecular flexibility index (Phi) is 6.81. The van der Waals surface area contributed by atoms with Crippen molar-refractivity contribution in [3.05, 3.63) is 21.4 Å². The van der Waals surface area contributed by atoms with E-state index in [4.69, 9.17) is 4.74 Å². The summed E-state index contributed by atoms with van der Waals surface area (Å²) in [6, 6.07) is 2.94. The van der Waals surface area contributed by atoms with E-state index in [1.807, 2.05) is 11.3 Å². The minimum absolute atomic E-state index is 0.0707. The van der Waals surface area contributed by atoms with Crippen LogP contribution in [0.5, 0.6) is 0 Å². The smallest absolute Gasteiger partial charge is 0.222 e. The molecular formula is C25H38N2O3S2. The van der Waals surface area contributed by atoms with Crippen LogP contribution >= 0.6 is 11.3 Å². The van der Waals surface area contributed by atoms with Crippen LogP contribution < -0.4 is 0 Å². The molecule has 0 aliphatic carbocycles. The summed E-state index contributed by atoms with van der Waals surface area (Å²) >= 11 is 2.00. The molecule has 2 atom stereocenters. The number of rotatable bonds is 5. The van der Waals surface area contributed by atoms with Gasteiger partial charge in [-0.2, -0.15) is 0 Å². The van der Waals surface area contributed by atoms with E-state index in [-0.39, 0.29) is 5.60 Å². The minimum Gasteiger partial charge on any atom is -0.370 e. The molecule has 4 aliphatic rings. The van der Waals surface area contributed by atoms with Gasteiger partial charge in [0.15, 0.2) is 0 Å². The van der Waals surface area contributed by atoms with Crippen LogP contribution in [0.2, 0.25) is 0 Å². The third kappa shape index (κ3) is 4.59. The number of carbonyl (C=O) groups excluding carboxylic acids is 1. The Morgan fingerprint density at radius 1 is 1.28 bits per heavy atom. The number of hydrogen-bond donors (Lipinski definition) is 0. The van der Waals surface area contributed by atoms with Crippen LogP contribution in [-0.2, 0) is 38.8 Å². The summed E-state index contributed by atoms with van der Waals surface area (Å²) in [4.78, 5) is 20.4. The lowest BCUT2D eigenvalue weighted by atomic mass is 9.79. The molecule has 32 heavy (non-hydrogen) atoms. The summed E-state index contributed by atoms with van der Waals surface area (Å²) < 4.78 is 18.0. The van der Waals surface area contributed by atoms with Gasteiger partial charge in [-0.05, 0) is 56.6 Å². The molecule has 0 bridgehead atoms. The fourth-order valence-electron chi connectivity index (χ4n) is 6.19. The molecule has 3 saturated heterocycles. The van der Waals surface area contributed by atoms with Crippen LogP contribution in [0, 0.1) is 11.8 Å². The second-order valence-corrected chi connectivity index (χ2v) is 13.4. The zero-order valence-corrected chi connectivity index (χ0v) is 21.3. The van der Waals surface area contributed by atoms with Crippen LogP contribution in [0.1, 0.15) is 61.3 Å². The number of ether oxygens (including phenoxy) is 1. The first-order valence-electron chi connectivity index (χ1n) is 12.6. The van der Waals surface area contributed by atoms with Crippen LogP contribution in [0.25, 0.3) is 0 Å². The molecule has 1 amide bonds. The fourth-order valence-corrected chi connectivity index (χ4v) is 8.76. The lowest BCUT2D eigenvalue weighted by Gasteiger charge is -2.50. The van der Waals surface area contributed by atoms with Gasteiger partial charge in [0, 0.05) is 83.0 Å². The lowest BCUT2D eigenvalue weighted by Crippen LogP contribution is -2.57.